The minimum atomic E-state index is -0.909. The Labute approximate surface area is 132 Å². The van der Waals surface area contributed by atoms with Gasteiger partial charge < -0.3 is 9.47 Å². The van der Waals surface area contributed by atoms with Crippen LogP contribution in [0.5, 0.6) is 0 Å². The minimum Gasteiger partial charge on any atom is -0.377 e. The molecule has 1 unspecified atom stereocenters. The fourth-order valence-electron chi connectivity index (χ4n) is 2.26. The van der Waals surface area contributed by atoms with E-state index in [1.54, 1.807) is 19.2 Å². The van der Waals surface area contributed by atoms with Gasteiger partial charge in [-0.3, -0.25) is 4.39 Å². The zero-order valence-electron chi connectivity index (χ0n) is 12.8. The van der Waals surface area contributed by atoms with Gasteiger partial charge in [-0.05, 0) is 11.1 Å². The first-order chi connectivity index (χ1) is 11.2. The van der Waals surface area contributed by atoms with Crippen LogP contribution in [0.3, 0.4) is 0 Å². The lowest BCUT2D eigenvalue weighted by Gasteiger charge is -2.20. The number of ether oxygens (including phenoxy) is 2. The SMILES string of the molecule is COCC1=NC(c2ccc([C@@H](OC)[C@@H](CF)N=[N+]=[N-])cc2)N=N1. The first kappa shape index (κ1) is 17.0. The van der Waals surface area contributed by atoms with E-state index in [1.165, 1.54) is 7.11 Å². The second-order valence-electron chi connectivity index (χ2n) is 4.82. The van der Waals surface area contributed by atoms with Crippen molar-refractivity contribution in [1.82, 2.24) is 0 Å². The Balaban J connectivity index is 2.15. The van der Waals surface area contributed by atoms with Gasteiger partial charge in [0, 0.05) is 24.7 Å². The van der Waals surface area contributed by atoms with Gasteiger partial charge in [-0.2, -0.15) is 5.11 Å². The van der Waals surface area contributed by atoms with E-state index in [2.05, 4.69) is 25.2 Å². The Bertz CT molecular complexity index is 627. The maximum absolute atomic E-state index is 13.0. The lowest BCUT2D eigenvalue weighted by molar-refractivity contribution is 0.0722. The van der Waals surface area contributed by atoms with E-state index in [0.717, 1.165) is 5.56 Å². The summed E-state index contributed by atoms with van der Waals surface area (Å²) in [6.07, 6.45) is -1.05. The van der Waals surface area contributed by atoms with Gasteiger partial charge in [0.1, 0.15) is 13.3 Å². The molecule has 1 heterocycles. The van der Waals surface area contributed by atoms with E-state index in [4.69, 9.17) is 15.0 Å². The number of halogens is 1. The molecular weight excluding hydrogens is 303 g/mol. The van der Waals surface area contributed by atoms with Crippen molar-refractivity contribution in [2.45, 2.75) is 18.3 Å². The number of aliphatic imine (C=N–C) groups is 1. The van der Waals surface area contributed by atoms with Gasteiger partial charge in [-0.1, -0.05) is 29.4 Å². The molecule has 0 spiro atoms. The summed E-state index contributed by atoms with van der Waals surface area (Å²) in [4.78, 5) is 6.98. The number of rotatable bonds is 8. The third kappa shape index (κ3) is 4.10. The fourth-order valence-corrected chi connectivity index (χ4v) is 2.26. The Kier molecular flexibility index (Phi) is 6.16. The molecule has 1 aliphatic rings. The van der Waals surface area contributed by atoms with E-state index in [1.807, 2.05) is 12.1 Å². The van der Waals surface area contributed by atoms with Crippen LogP contribution >= 0.6 is 0 Å². The van der Waals surface area contributed by atoms with E-state index >= 15 is 0 Å². The molecule has 1 aromatic carbocycles. The lowest BCUT2D eigenvalue weighted by atomic mass is 10.0. The molecule has 0 saturated heterocycles. The van der Waals surface area contributed by atoms with Crippen molar-refractivity contribution in [1.29, 1.82) is 0 Å². The molecular formula is C14H17FN6O2. The molecule has 0 bridgehead atoms. The standard InChI is InChI=1S/C14H17FN6O2/c1-22-8-12-17-14(20-19-12)10-5-3-9(4-6-10)13(23-2)11(7-15)18-21-16/h3-6,11,13-14H,7-8H2,1-2H3/t11-,13-,14?/m1/s1. The number of azide groups is 1. The van der Waals surface area contributed by atoms with Gasteiger partial charge in [0.05, 0.1) is 12.1 Å². The third-order valence-corrected chi connectivity index (χ3v) is 3.35. The van der Waals surface area contributed by atoms with Crippen molar-refractivity contribution in [2.24, 2.45) is 20.3 Å². The topological polar surface area (TPSA) is 104 Å². The summed E-state index contributed by atoms with van der Waals surface area (Å²) in [5.41, 5.74) is 10.1. The smallest absolute Gasteiger partial charge is 0.188 e. The van der Waals surface area contributed by atoms with Crippen LogP contribution in [0, 0.1) is 0 Å². The number of azo groups is 1. The number of alkyl halides is 1. The van der Waals surface area contributed by atoms with Crippen molar-refractivity contribution < 1.29 is 13.9 Å². The number of nitrogens with zero attached hydrogens (tertiary/aromatic N) is 6. The minimum absolute atomic E-state index is 0.314. The number of hydrogen-bond donors (Lipinski definition) is 0. The van der Waals surface area contributed by atoms with Crippen LogP contribution in [0.1, 0.15) is 23.4 Å². The van der Waals surface area contributed by atoms with Crippen molar-refractivity contribution >= 4 is 5.84 Å². The molecule has 3 atom stereocenters. The lowest BCUT2D eigenvalue weighted by Crippen LogP contribution is -2.20. The molecule has 9 heteroatoms. The van der Waals surface area contributed by atoms with E-state index in [0.29, 0.717) is 18.0 Å². The van der Waals surface area contributed by atoms with E-state index < -0.39 is 25.0 Å². The molecule has 122 valence electrons. The predicted molar refractivity (Wildman–Crippen MR) is 82.0 cm³/mol. The Hall–Kier alpha value is -2.35. The maximum Gasteiger partial charge on any atom is 0.188 e. The molecule has 0 amide bonds. The van der Waals surface area contributed by atoms with E-state index in [-0.39, 0.29) is 0 Å². The summed E-state index contributed by atoms with van der Waals surface area (Å²) in [5.74, 6) is 0.539. The van der Waals surface area contributed by atoms with Gasteiger partial charge in [0.2, 0.25) is 0 Å². The van der Waals surface area contributed by atoms with Crippen LogP contribution in [0.25, 0.3) is 10.4 Å². The second kappa shape index (κ2) is 8.33. The van der Waals surface area contributed by atoms with Crippen LogP contribution < -0.4 is 0 Å². The molecule has 0 radical (unpaired) electrons. The molecule has 8 nitrogen and oxygen atoms in total. The summed E-state index contributed by atoms with van der Waals surface area (Å²) in [5, 5.41) is 11.4. The van der Waals surface area contributed by atoms with Crippen molar-refractivity contribution in [3.05, 3.63) is 45.8 Å². The third-order valence-electron chi connectivity index (χ3n) is 3.35. The number of benzene rings is 1. The monoisotopic (exact) mass is 320 g/mol. The molecule has 0 fully saturated rings. The average Bonchev–Trinajstić information content (AvgIpc) is 3.04. The molecule has 1 aromatic rings. The molecule has 2 rings (SSSR count). The molecule has 0 N–H and O–H groups in total. The van der Waals surface area contributed by atoms with Crippen LogP contribution in [0.4, 0.5) is 4.39 Å². The Morgan fingerprint density at radius 2 is 2.09 bits per heavy atom. The highest BCUT2D eigenvalue weighted by Crippen LogP contribution is 2.28. The first-order valence-electron chi connectivity index (χ1n) is 6.92. The number of amidine groups is 1. The summed E-state index contributed by atoms with van der Waals surface area (Å²) in [6.45, 7) is -0.486. The highest BCUT2D eigenvalue weighted by Gasteiger charge is 2.23. The highest BCUT2D eigenvalue weighted by atomic mass is 19.1. The molecule has 0 aliphatic carbocycles. The van der Waals surface area contributed by atoms with E-state index in [9.17, 15) is 4.39 Å². The van der Waals surface area contributed by atoms with Crippen LogP contribution in [-0.2, 0) is 9.47 Å². The normalized spacial score (nSPS) is 19.1. The first-order valence-corrected chi connectivity index (χ1v) is 6.92. The quantitative estimate of drug-likeness (QED) is 0.415. The average molecular weight is 320 g/mol. The summed E-state index contributed by atoms with van der Waals surface area (Å²) < 4.78 is 23.2. The zero-order chi connectivity index (χ0) is 16.7. The maximum atomic E-state index is 13.0. The highest BCUT2D eigenvalue weighted by molar-refractivity contribution is 5.85. The summed E-state index contributed by atoms with van der Waals surface area (Å²) in [7, 11) is 3.01. The molecule has 0 aromatic heterocycles. The van der Waals surface area contributed by atoms with Gasteiger partial charge in [-0.25, -0.2) is 4.99 Å². The van der Waals surface area contributed by atoms with Gasteiger partial charge in [-0.15, -0.1) is 5.11 Å². The van der Waals surface area contributed by atoms with Gasteiger partial charge in [0.25, 0.3) is 0 Å². The number of methoxy groups -OCH3 is 2. The van der Waals surface area contributed by atoms with Crippen molar-refractivity contribution in [2.75, 3.05) is 27.5 Å². The van der Waals surface area contributed by atoms with Crippen LogP contribution in [0.2, 0.25) is 0 Å². The molecule has 23 heavy (non-hydrogen) atoms. The molecule has 0 saturated carbocycles. The van der Waals surface area contributed by atoms with Crippen LogP contribution in [0.15, 0.2) is 44.6 Å². The predicted octanol–water partition coefficient (Wildman–Crippen LogP) is 3.53. The zero-order valence-corrected chi connectivity index (χ0v) is 12.8. The second-order valence-corrected chi connectivity index (χ2v) is 4.82. The number of hydrogen-bond acceptors (Lipinski definition) is 6. The van der Waals surface area contributed by atoms with Gasteiger partial charge in [0.15, 0.2) is 12.0 Å². The van der Waals surface area contributed by atoms with Crippen molar-refractivity contribution in [3.63, 3.8) is 0 Å². The van der Waals surface area contributed by atoms with Gasteiger partial charge >= 0.3 is 0 Å². The molecule has 1 aliphatic heterocycles. The fraction of sp³-hybridized carbons (Fsp3) is 0.500. The van der Waals surface area contributed by atoms with Crippen molar-refractivity contribution in [3.8, 4) is 0 Å². The van der Waals surface area contributed by atoms with Crippen LogP contribution in [-0.4, -0.2) is 39.4 Å². The largest absolute Gasteiger partial charge is 0.377 e. The summed E-state index contributed by atoms with van der Waals surface area (Å²) in [6, 6.07) is 6.27. The Morgan fingerprint density at radius 1 is 1.35 bits per heavy atom. The summed E-state index contributed by atoms with van der Waals surface area (Å²) >= 11 is 0. The Morgan fingerprint density at radius 3 is 2.65 bits per heavy atom.